The van der Waals surface area contributed by atoms with Gasteiger partial charge in [0.1, 0.15) is 11.6 Å². The molecule has 2 heterocycles. The molecule has 0 aromatic heterocycles. The fourth-order valence-corrected chi connectivity index (χ4v) is 3.73. The molecule has 1 atom stereocenters. The van der Waals surface area contributed by atoms with Gasteiger partial charge in [-0.05, 0) is 55.6 Å². The molecule has 2 aliphatic rings. The van der Waals surface area contributed by atoms with Gasteiger partial charge in [-0.15, -0.1) is 12.4 Å². The lowest BCUT2D eigenvalue weighted by molar-refractivity contribution is -0.132. The lowest BCUT2D eigenvalue weighted by Crippen LogP contribution is -2.43. The van der Waals surface area contributed by atoms with Crippen LogP contribution in [-0.2, 0) is 4.79 Å². The Hall–Kier alpha value is -1.37. The van der Waals surface area contributed by atoms with Crippen LogP contribution in [0.2, 0.25) is 0 Å². The van der Waals surface area contributed by atoms with Crippen molar-refractivity contribution in [3.05, 3.63) is 30.1 Å². The van der Waals surface area contributed by atoms with E-state index in [2.05, 4.69) is 5.32 Å². The topological polar surface area (TPSA) is 61.8 Å². The summed E-state index contributed by atoms with van der Waals surface area (Å²) < 4.78 is 18.3. The molecule has 0 radical (unpaired) electrons. The van der Waals surface area contributed by atoms with E-state index in [4.69, 9.17) is 4.74 Å². The number of aliphatic hydroxyl groups excluding tert-OH is 1. The van der Waals surface area contributed by atoms with E-state index < -0.39 is 0 Å². The highest BCUT2D eigenvalue weighted by Crippen LogP contribution is 2.43. The second kappa shape index (κ2) is 8.14. The Balaban J connectivity index is 0.00000208. The molecule has 0 aliphatic carbocycles. The minimum absolute atomic E-state index is 0. The number of halogens is 2. The maximum Gasteiger partial charge on any atom is 0.260 e. The van der Waals surface area contributed by atoms with Crippen molar-refractivity contribution in [3.8, 4) is 5.75 Å². The van der Waals surface area contributed by atoms with Gasteiger partial charge in [-0.3, -0.25) is 4.79 Å². The second-order valence-corrected chi connectivity index (χ2v) is 6.51. The Kier molecular flexibility index (Phi) is 6.43. The molecule has 1 unspecified atom stereocenters. The molecule has 2 N–H and O–H groups in total. The number of carbonyl (C=O) groups excluding carboxylic acids is 1. The fraction of sp³-hybridized carbons (Fsp3) is 0.588. The van der Waals surface area contributed by atoms with Crippen LogP contribution in [0.3, 0.4) is 0 Å². The van der Waals surface area contributed by atoms with Crippen LogP contribution in [-0.4, -0.2) is 55.3 Å². The van der Waals surface area contributed by atoms with Gasteiger partial charge < -0.3 is 20.1 Å². The van der Waals surface area contributed by atoms with Gasteiger partial charge in [0.05, 0.1) is 0 Å². The molecule has 2 aliphatic heterocycles. The third-order valence-electron chi connectivity index (χ3n) is 5.16. The molecule has 1 spiro atoms. The van der Waals surface area contributed by atoms with Crippen LogP contribution in [0.1, 0.15) is 12.8 Å². The first-order chi connectivity index (χ1) is 11.1. The van der Waals surface area contributed by atoms with Crippen LogP contribution >= 0.6 is 12.4 Å². The van der Waals surface area contributed by atoms with Crippen molar-refractivity contribution in [3.63, 3.8) is 0 Å². The van der Waals surface area contributed by atoms with Crippen LogP contribution < -0.4 is 10.1 Å². The zero-order valence-corrected chi connectivity index (χ0v) is 14.4. The maximum atomic E-state index is 12.9. The lowest BCUT2D eigenvalue weighted by atomic mass is 9.71. The van der Waals surface area contributed by atoms with Gasteiger partial charge in [0, 0.05) is 25.6 Å². The number of aliphatic hydroxyl groups is 1. The minimum Gasteiger partial charge on any atom is -0.484 e. The fourth-order valence-electron chi connectivity index (χ4n) is 3.73. The summed E-state index contributed by atoms with van der Waals surface area (Å²) in [6.45, 7) is 3.20. The molecule has 0 saturated carbocycles. The molecule has 2 fully saturated rings. The summed E-state index contributed by atoms with van der Waals surface area (Å²) in [5.41, 5.74) is 0.0333. The summed E-state index contributed by atoms with van der Waals surface area (Å²) >= 11 is 0. The van der Waals surface area contributed by atoms with Gasteiger partial charge in [0.2, 0.25) is 0 Å². The standard InChI is InChI=1S/C17H23FN2O3.ClH/c18-14-1-3-15(4-2-14)23-11-16(22)20-9-13(10-21)17(12-20)5-7-19-8-6-17;/h1-4,13,19,21H,5-12H2;1H. The quantitative estimate of drug-likeness (QED) is 0.855. The average Bonchev–Trinajstić information content (AvgIpc) is 2.93. The van der Waals surface area contributed by atoms with Crippen molar-refractivity contribution in [2.24, 2.45) is 11.3 Å². The minimum atomic E-state index is -0.332. The van der Waals surface area contributed by atoms with Crippen molar-refractivity contribution in [1.82, 2.24) is 10.2 Å². The number of amides is 1. The highest BCUT2D eigenvalue weighted by Gasteiger charge is 2.47. The van der Waals surface area contributed by atoms with Crippen molar-refractivity contribution in [2.75, 3.05) is 39.4 Å². The monoisotopic (exact) mass is 358 g/mol. The number of hydrogen-bond acceptors (Lipinski definition) is 4. The summed E-state index contributed by atoms with van der Waals surface area (Å²) in [6.07, 6.45) is 1.97. The van der Waals surface area contributed by atoms with Crippen molar-refractivity contribution >= 4 is 18.3 Å². The van der Waals surface area contributed by atoms with E-state index in [9.17, 15) is 14.3 Å². The van der Waals surface area contributed by atoms with Crippen molar-refractivity contribution in [1.29, 1.82) is 0 Å². The normalized spacial score (nSPS) is 22.2. The number of carbonyl (C=O) groups is 1. The van der Waals surface area contributed by atoms with E-state index in [0.717, 1.165) is 25.9 Å². The molecule has 24 heavy (non-hydrogen) atoms. The third-order valence-corrected chi connectivity index (χ3v) is 5.16. The number of rotatable bonds is 4. The van der Waals surface area contributed by atoms with E-state index in [-0.39, 0.29) is 48.7 Å². The Morgan fingerprint density at radius 3 is 2.62 bits per heavy atom. The van der Waals surface area contributed by atoms with Gasteiger partial charge in [-0.25, -0.2) is 4.39 Å². The number of nitrogens with one attached hydrogen (secondary N) is 1. The highest BCUT2D eigenvalue weighted by molar-refractivity contribution is 5.85. The molecule has 1 aromatic carbocycles. The summed E-state index contributed by atoms with van der Waals surface area (Å²) in [4.78, 5) is 14.2. The Labute approximate surface area is 147 Å². The first kappa shape index (κ1) is 19.0. The average molecular weight is 359 g/mol. The maximum absolute atomic E-state index is 12.9. The number of likely N-dealkylation sites (tertiary alicyclic amines) is 1. The zero-order valence-electron chi connectivity index (χ0n) is 13.5. The summed E-state index contributed by atoms with van der Waals surface area (Å²) in [5.74, 6) is 0.207. The molecule has 134 valence electrons. The van der Waals surface area contributed by atoms with Crippen LogP contribution in [0.5, 0.6) is 5.75 Å². The van der Waals surface area contributed by atoms with Crippen LogP contribution in [0.15, 0.2) is 24.3 Å². The number of benzene rings is 1. The predicted octanol–water partition coefficient (Wildman–Crippen LogP) is 1.45. The summed E-state index contributed by atoms with van der Waals surface area (Å²) in [7, 11) is 0. The smallest absolute Gasteiger partial charge is 0.260 e. The van der Waals surface area contributed by atoms with Crippen LogP contribution in [0.25, 0.3) is 0 Å². The van der Waals surface area contributed by atoms with Gasteiger partial charge in [-0.1, -0.05) is 0 Å². The van der Waals surface area contributed by atoms with Crippen molar-refractivity contribution in [2.45, 2.75) is 12.8 Å². The van der Waals surface area contributed by atoms with Gasteiger partial charge in [0.15, 0.2) is 6.61 Å². The molecule has 2 saturated heterocycles. The highest BCUT2D eigenvalue weighted by atomic mass is 35.5. The van der Waals surface area contributed by atoms with Gasteiger partial charge in [-0.2, -0.15) is 0 Å². The van der Waals surface area contributed by atoms with E-state index in [0.29, 0.717) is 18.8 Å². The molecule has 0 bridgehead atoms. The van der Waals surface area contributed by atoms with Crippen LogP contribution in [0.4, 0.5) is 4.39 Å². The third kappa shape index (κ3) is 3.99. The second-order valence-electron chi connectivity index (χ2n) is 6.51. The molecule has 3 rings (SSSR count). The van der Waals surface area contributed by atoms with E-state index in [1.807, 2.05) is 0 Å². The lowest BCUT2D eigenvalue weighted by Gasteiger charge is -2.37. The first-order valence-corrected chi connectivity index (χ1v) is 8.11. The Morgan fingerprint density at radius 1 is 1.33 bits per heavy atom. The van der Waals surface area contributed by atoms with Crippen molar-refractivity contribution < 1.29 is 19.0 Å². The SMILES string of the molecule is Cl.O=C(COc1ccc(F)cc1)N1CC(CO)C2(CCNCC2)C1. The number of nitrogens with zero attached hydrogens (tertiary/aromatic N) is 1. The largest absolute Gasteiger partial charge is 0.484 e. The first-order valence-electron chi connectivity index (χ1n) is 8.11. The predicted molar refractivity (Wildman–Crippen MR) is 90.8 cm³/mol. The van der Waals surface area contributed by atoms with E-state index >= 15 is 0 Å². The molecule has 1 amide bonds. The number of ether oxygens (including phenoxy) is 1. The zero-order chi connectivity index (χ0) is 16.3. The molecular weight excluding hydrogens is 335 g/mol. The Bertz CT molecular complexity index is 549. The van der Waals surface area contributed by atoms with E-state index in [1.54, 1.807) is 4.90 Å². The molecule has 1 aromatic rings. The van der Waals surface area contributed by atoms with Gasteiger partial charge in [0.25, 0.3) is 5.91 Å². The summed E-state index contributed by atoms with van der Waals surface area (Å²) in [6, 6.07) is 5.64. The molecule has 5 nitrogen and oxygen atoms in total. The van der Waals surface area contributed by atoms with Gasteiger partial charge >= 0.3 is 0 Å². The molecular formula is C17H24ClFN2O3. The summed E-state index contributed by atoms with van der Waals surface area (Å²) in [5, 5.41) is 13.0. The van der Waals surface area contributed by atoms with E-state index in [1.165, 1.54) is 24.3 Å². The Morgan fingerprint density at radius 2 is 2.00 bits per heavy atom. The number of piperidine rings is 1. The molecule has 7 heteroatoms. The van der Waals surface area contributed by atoms with Crippen LogP contribution in [0, 0.1) is 17.2 Å². The number of hydrogen-bond donors (Lipinski definition) is 2.